The molecule has 3 atom stereocenters. The molecule has 0 spiro atoms. The molecule has 6 heteroatoms. The summed E-state index contributed by atoms with van der Waals surface area (Å²) in [5, 5.41) is 9.76. The highest BCUT2D eigenvalue weighted by molar-refractivity contribution is 9.10. The van der Waals surface area contributed by atoms with Gasteiger partial charge in [0.05, 0.1) is 16.1 Å². The molecule has 2 N–H and O–H groups in total. The number of benzene rings is 1. The molecule has 3 nitrogen and oxygen atoms in total. The predicted octanol–water partition coefficient (Wildman–Crippen LogP) is 3.63. The van der Waals surface area contributed by atoms with E-state index in [2.05, 4.69) is 20.7 Å². The Hall–Kier alpha value is -0.140. The van der Waals surface area contributed by atoms with Gasteiger partial charge < -0.3 is 9.66 Å². The van der Waals surface area contributed by atoms with E-state index in [9.17, 15) is 14.0 Å². The average molecular weight is 380 g/mol. The van der Waals surface area contributed by atoms with Gasteiger partial charge in [0, 0.05) is 11.4 Å². The van der Waals surface area contributed by atoms with Crippen LogP contribution in [0.25, 0.3) is 0 Å². The van der Waals surface area contributed by atoms with Crippen molar-refractivity contribution in [3.05, 3.63) is 34.1 Å². The summed E-state index contributed by atoms with van der Waals surface area (Å²) in [5.41, 5.74) is 0.0528. The number of rotatable bonds is 5. The molecule has 0 bridgehead atoms. The maximum atomic E-state index is 13.4. The SMILES string of the molecule is CC(O)C[C@](C)(N[S+]([O-])C(C)(C)C)c1ccc(F)c(Br)c1. The topological polar surface area (TPSA) is 55.3 Å². The van der Waals surface area contributed by atoms with Gasteiger partial charge in [-0.2, -0.15) is 0 Å². The quantitative estimate of drug-likeness (QED) is 0.768. The van der Waals surface area contributed by atoms with E-state index in [1.807, 2.05) is 27.7 Å². The van der Waals surface area contributed by atoms with Gasteiger partial charge in [-0.25, -0.2) is 4.39 Å². The smallest absolute Gasteiger partial charge is 0.137 e. The summed E-state index contributed by atoms with van der Waals surface area (Å²) in [6.07, 6.45) is -0.212. The number of aliphatic hydroxyl groups is 1. The van der Waals surface area contributed by atoms with Crippen LogP contribution in [0.2, 0.25) is 0 Å². The Morgan fingerprint density at radius 1 is 1.38 bits per heavy atom. The van der Waals surface area contributed by atoms with E-state index in [0.717, 1.165) is 5.56 Å². The van der Waals surface area contributed by atoms with E-state index in [4.69, 9.17) is 0 Å². The standard InChI is InChI=1S/C15H23BrFNO2S/c1-10(19)9-15(5,18-21(20)14(2,3)4)11-6-7-13(17)12(16)8-11/h6-8,10,18-19H,9H2,1-5H3/t10?,15-,21?/m0/s1. The molecule has 1 rings (SSSR count). The van der Waals surface area contributed by atoms with Crippen LogP contribution in [0.3, 0.4) is 0 Å². The van der Waals surface area contributed by atoms with Crippen molar-refractivity contribution in [1.29, 1.82) is 0 Å². The van der Waals surface area contributed by atoms with Crippen molar-refractivity contribution in [1.82, 2.24) is 4.72 Å². The van der Waals surface area contributed by atoms with Crippen molar-refractivity contribution >= 4 is 27.3 Å². The molecule has 120 valence electrons. The predicted molar refractivity (Wildman–Crippen MR) is 88.8 cm³/mol. The highest BCUT2D eigenvalue weighted by Gasteiger charge is 2.38. The van der Waals surface area contributed by atoms with E-state index in [1.165, 1.54) is 6.07 Å². The average Bonchev–Trinajstić information content (AvgIpc) is 2.30. The van der Waals surface area contributed by atoms with Crippen LogP contribution in [0.15, 0.2) is 22.7 Å². The van der Waals surface area contributed by atoms with Crippen LogP contribution in [0.4, 0.5) is 4.39 Å². The minimum atomic E-state index is -1.31. The first-order valence-electron chi connectivity index (χ1n) is 6.79. The molecule has 0 saturated heterocycles. The van der Waals surface area contributed by atoms with Crippen LogP contribution >= 0.6 is 15.9 Å². The van der Waals surface area contributed by atoms with Crippen LogP contribution in [0.5, 0.6) is 0 Å². The monoisotopic (exact) mass is 379 g/mol. The van der Waals surface area contributed by atoms with Gasteiger partial charge >= 0.3 is 0 Å². The van der Waals surface area contributed by atoms with Gasteiger partial charge in [0.25, 0.3) is 0 Å². The second-order valence-electron chi connectivity index (χ2n) is 6.50. The lowest BCUT2D eigenvalue weighted by molar-refractivity contribution is 0.147. The van der Waals surface area contributed by atoms with Crippen molar-refractivity contribution in [3.63, 3.8) is 0 Å². The Morgan fingerprint density at radius 2 is 1.95 bits per heavy atom. The summed E-state index contributed by atoms with van der Waals surface area (Å²) in [6, 6.07) is 4.67. The third-order valence-electron chi connectivity index (χ3n) is 3.13. The Kier molecular flexibility index (Phi) is 6.27. The van der Waals surface area contributed by atoms with E-state index >= 15 is 0 Å². The molecule has 2 unspecified atom stereocenters. The number of hydrogen-bond donors (Lipinski definition) is 2. The first kappa shape index (κ1) is 18.9. The van der Waals surface area contributed by atoms with Gasteiger partial charge in [-0.1, -0.05) is 6.07 Å². The number of hydrogen-bond acceptors (Lipinski definition) is 3. The van der Waals surface area contributed by atoms with Crippen molar-refractivity contribution < 1.29 is 14.0 Å². The maximum absolute atomic E-state index is 13.4. The lowest BCUT2D eigenvalue weighted by Crippen LogP contribution is -2.51. The Labute approximate surface area is 137 Å². The van der Waals surface area contributed by atoms with Gasteiger partial charge in [0.2, 0.25) is 0 Å². The van der Waals surface area contributed by atoms with Crippen LogP contribution in [-0.2, 0) is 16.9 Å². The van der Waals surface area contributed by atoms with E-state index in [0.29, 0.717) is 10.9 Å². The van der Waals surface area contributed by atoms with Gasteiger partial charge in [-0.05, 0) is 74.7 Å². The van der Waals surface area contributed by atoms with Gasteiger partial charge in [-0.3, -0.25) is 0 Å². The molecule has 0 aliphatic carbocycles. The fraction of sp³-hybridized carbons (Fsp3) is 0.600. The molecular formula is C15H23BrFNO2S. The molecule has 21 heavy (non-hydrogen) atoms. The lowest BCUT2D eigenvalue weighted by Gasteiger charge is -2.36. The maximum Gasteiger partial charge on any atom is 0.137 e. The second-order valence-corrected chi connectivity index (χ2v) is 9.32. The number of aliphatic hydroxyl groups excluding tert-OH is 1. The van der Waals surface area contributed by atoms with E-state index < -0.39 is 27.8 Å². The summed E-state index contributed by atoms with van der Waals surface area (Å²) in [6.45, 7) is 9.17. The molecule has 0 fully saturated rings. The van der Waals surface area contributed by atoms with Crippen molar-refractivity contribution in [2.45, 2.75) is 57.4 Å². The normalized spacial score (nSPS) is 18.1. The molecule has 0 aliphatic heterocycles. The molecule has 1 aromatic rings. The minimum Gasteiger partial charge on any atom is -0.598 e. The molecule has 0 amide bonds. The first-order valence-corrected chi connectivity index (χ1v) is 8.73. The van der Waals surface area contributed by atoms with Gasteiger partial charge in [0.1, 0.15) is 10.6 Å². The largest absolute Gasteiger partial charge is 0.598 e. The molecule has 0 heterocycles. The summed E-state index contributed by atoms with van der Waals surface area (Å²) < 4.78 is 28.9. The lowest BCUT2D eigenvalue weighted by atomic mass is 9.88. The van der Waals surface area contributed by atoms with Gasteiger partial charge in [0.15, 0.2) is 0 Å². The fourth-order valence-electron chi connectivity index (χ4n) is 2.01. The highest BCUT2D eigenvalue weighted by Crippen LogP contribution is 2.32. The van der Waals surface area contributed by atoms with Crippen LogP contribution in [-0.4, -0.2) is 20.5 Å². The van der Waals surface area contributed by atoms with E-state index in [-0.39, 0.29) is 5.82 Å². The molecular weight excluding hydrogens is 357 g/mol. The summed E-state index contributed by atoms with van der Waals surface area (Å²) in [4.78, 5) is 0. The highest BCUT2D eigenvalue weighted by atomic mass is 79.9. The van der Waals surface area contributed by atoms with Crippen molar-refractivity contribution in [2.75, 3.05) is 0 Å². The number of nitrogens with one attached hydrogen (secondary N) is 1. The Balaban J connectivity index is 3.16. The second kappa shape index (κ2) is 6.96. The van der Waals surface area contributed by atoms with Gasteiger partial charge in [-0.15, -0.1) is 4.72 Å². The third kappa shape index (κ3) is 5.21. The minimum absolute atomic E-state index is 0.347. The zero-order valence-corrected chi connectivity index (χ0v) is 15.4. The summed E-state index contributed by atoms with van der Waals surface area (Å²) in [7, 11) is 0. The van der Waals surface area contributed by atoms with Crippen molar-refractivity contribution in [2.24, 2.45) is 0 Å². The number of halogens is 2. The first-order chi connectivity index (χ1) is 9.45. The molecule has 0 aliphatic rings. The molecule has 0 aromatic heterocycles. The summed E-state index contributed by atoms with van der Waals surface area (Å²) >= 11 is 1.86. The third-order valence-corrected chi connectivity index (χ3v) is 5.49. The van der Waals surface area contributed by atoms with Crippen LogP contribution in [0, 0.1) is 5.82 Å². The summed E-state index contributed by atoms with van der Waals surface area (Å²) in [5.74, 6) is -0.352. The van der Waals surface area contributed by atoms with Crippen LogP contribution in [0.1, 0.15) is 46.6 Å². The molecule has 1 aromatic carbocycles. The zero-order chi connectivity index (χ0) is 16.4. The zero-order valence-electron chi connectivity index (χ0n) is 13.0. The molecule has 0 saturated carbocycles. The molecule has 0 radical (unpaired) electrons. The van der Waals surface area contributed by atoms with Crippen LogP contribution < -0.4 is 4.72 Å². The fourth-order valence-corrected chi connectivity index (χ4v) is 3.30. The van der Waals surface area contributed by atoms with Crippen molar-refractivity contribution in [3.8, 4) is 0 Å². The Bertz CT molecular complexity index is 493. The van der Waals surface area contributed by atoms with E-state index in [1.54, 1.807) is 19.1 Å². The Morgan fingerprint density at radius 3 is 2.38 bits per heavy atom.